The Kier molecular flexibility index (Phi) is 12.4. The predicted octanol–water partition coefficient (Wildman–Crippen LogP) is 10.9. The number of carbonyl (C=O) groups is 1. The van der Waals surface area contributed by atoms with Gasteiger partial charge in [-0.05, 0) is 103 Å². The molecule has 0 fully saturated rings. The number of allylic oxidation sites excluding steroid dienone is 5. The minimum Gasteiger partial charge on any atom is -0.487 e. The Bertz CT molecular complexity index is 1670. The highest BCUT2D eigenvalue weighted by Crippen LogP contribution is 2.51. The molecule has 1 aliphatic rings. The van der Waals surface area contributed by atoms with E-state index in [1.54, 1.807) is 12.1 Å². The standard InChI is InChI=1S/C42H60O5S/c1-28(2)16-14-17-30(4)24-34(48(44,45)33-21-19-29(3)20-22-33)25-31(5)18-15-23-42(13)27-35-37(47-42)26-36(40(7,8)9)39(46-32(6)43)38(35)41(10,11)12/h16,18-22,24,26,34H,14-15,17,23,25,27H2,1-13H3/b30-24+,31-18+. The van der Waals surface area contributed by atoms with Crippen LogP contribution < -0.4 is 9.47 Å². The van der Waals surface area contributed by atoms with E-state index in [1.165, 1.54) is 12.5 Å². The van der Waals surface area contributed by atoms with Crippen molar-refractivity contribution in [2.45, 2.75) is 155 Å². The first-order chi connectivity index (χ1) is 22.0. The van der Waals surface area contributed by atoms with Crippen molar-refractivity contribution in [3.63, 3.8) is 0 Å². The lowest BCUT2D eigenvalue weighted by Crippen LogP contribution is -2.30. The summed E-state index contributed by atoms with van der Waals surface area (Å²) < 4.78 is 40.5. The highest BCUT2D eigenvalue weighted by atomic mass is 32.2. The fraction of sp³-hybridized carbons (Fsp3) is 0.548. The van der Waals surface area contributed by atoms with Gasteiger partial charge in [-0.3, -0.25) is 4.79 Å². The van der Waals surface area contributed by atoms with Crippen molar-refractivity contribution < 1.29 is 22.7 Å². The summed E-state index contributed by atoms with van der Waals surface area (Å²) in [4.78, 5) is 12.6. The summed E-state index contributed by atoms with van der Waals surface area (Å²) in [6.45, 7) is 26.7. The van der Waals surface area contributed by atoms with Gasteiger partial charge in [-0.2, -0.15) is 0 Å². The van der Waals surface area contributed by atoms with Crippen molar-refractivity contribution >= 4 is 15.8 Å². The van der Waals surface area contributed by atoms with E-state index in [4.69, 9.17) is 9.47 Å². The molecule has 264 valence electrons. The van der Waals surface area contributed by atoms with Crippen molar-refractivity contribution in [2.75, 3.05) is 0 Å². The minimum atomic E-state index is -3.58. The maximum atomic E-state index is 13.9. The average molecular weight is 677 g/mol. The van der Waals surface area contributed by atoms with Crippen molar-refractivity contribution in [1.82, 2.24) is 0 Å². The highest BCUT2D eigenvalue weighted by Gasteiger charge is 2.41. The number of esters is 1. The van der Waals surface area contributed by atoms with Crippen LogP contribution in [0.4, 0.5) is 0 Å². The second-order valence-electron chi connectivity index (χ2n) is 16.5. The van der Waals surface area contributed by atoms with Crippen LogP contribution in [-0.4, -0.2) is 25.2 Å². The maximum Gasteiger partial charge on any atom is 0.308 e. The molecule has 48 heavy (non-hydrogen) atoms. The van der Waals surface area contributed by atoms with Crippen LogP contribution in [0.5, 0.6) is 11.5 Å². The maximum absolute atomic E-state index is 13.9. The largest absolute Gasteiger partial charge is 0.487 e. The monoisotopic (exact) mass is 676 g/mol. The third-order valence-electron chi connectivity index (χ3n) is 9.06. The Hall–Kier alpha value is -3.12. The van der Waals surface area contributed by atoms with Crippen molar-refractivity contribution in [2.24, 2.45) is 0 Å². The van der Waals surface area contributed by atoms with Crippen molar-refractivity contribution in [1.29, 1.82) is 0 Å². The van der Waals surface area contributed by atoms with Crippen LogP contribution >= 0.6 is 0 Å². The molecule has 1 aliphatic heterocycles. The first-order valence-electron chi connectivity index (χ1n) is 17.4. The van der Waals surface area contributed by atoms with E-state index in [0.29, 0.717) is 23.5 Å². The summed E-state index contributed by atoms with van der Waals surface area (Å²) >= 11 is 0. The van der Waals surface area contributed by atoms with Gasteiger partial charge in [-0.25, -0.2) is 8.42 Å². The molecule has 3 rings (SSSR count). The second-order valence-corrected chi connectivity index (χ2v) is 18.6. The van der Waals surface area contributed by atoms with Gasteiger partial charge in [-0.1, -0.05) is 94.2 Å². The number of benzene rings is 2. The lowest BCUT2D eigenvalue weighted by molar-refractivity contribution is -0.132. The first-order valence-corrected chi connectivity index (χ1v) is 18.9. The molecule has 0 spiro atoms. The van der Waals surface area contributed by atoms with Crippen molar-refractivity contribution in [3.05, 3.63) is 87.5 Å². The summed E-state index contributed by atoms with van der Waals surface area (Å²) in [6, 6.07) is 9.25. The fourth-order valence-corrected chi connectivity index (χ4v) is 8.29. The van der Waals surface area contributed by atoms with Crippen LogP contribution in [0.1, 0.15) is 137 Å². The number of hydrogen-bond donors (Lipinski definition) is 0. The van der Waals surface area contributed by atoms with E-state index in [9.17, 15) is 13.2 Å². The first kappa shape index (κ1) is 39.3. The predicted molar refractivity (Wildman–Crippen MR) is 200 cm³/mol. The van der Waals surface area contributed by atoms with Crippen LogP contribution in [0, 0.1) is 6.92 Å². The summed E-state index contributed by atoms with van der Waals surface area (Å²) in [5, 5.41) is -0.643. The zero-order valence-electron chi connectivity index (χ0n) is 31.9. The Labute approximate surface area is 291 Å². The third-order valence-corrected chi connectivity index (χ3v) is 11.1. The molecule has 0 radical (unpaired) electrons. The van der Waals surface area contributed by atoms with E-state index in [2.05, 4.69) is 80.5 Å². The Balaban J connectivity index is 1.88. The molecule has 0 N–H and O–H groups in total. The molecule has 0 amide bonds. The van der Waals surface area contributed by atoms with E-state index < -0.39 is 20.7 Å². The Morgan fingerprint density at radius 3 is 2.10 bits per heavy atom. The average Bonchev–Trinajstić information content (AvgIpc) is 3.26. The number of rotatable bonds is 12. The molecule has 1 heterocycles. The number of aryl methyl sites for hydroxylation is 1. The molecule has 0 saturated carbocycles. The van der Waals surface area contributed by atoms with Gasteiger partial charge in [0.2, 0.25) is 0 Å². The van der Waals surface area contributed by atoms with Crippen LogP contribution in [-0.2, 0) is 31.9 Å². The lowest BCUT2D eigenvalue weighted by atomic mass is 9.75. The van der Waals surface area contributed by atoms with Gasteiger partial charge in [0.25, 0.3) is 0 Å². The third kappa shape index (κ3) is 10.2. The minimum absolute atomic E-state index is 0.254. The van der Waals surface area contributed by atoms with Gasteiger partial charge >= 0.3 is 5.97 Å². The van der Waals surface area contributed by atoms with Gasteiger partial charge < -0.3 is 9.47 Å². The quantitative estimate of drug-likeness (QED) is 0.127. The normalized spacial score (nSPS) is 17.9. The summed E-state index contributed by atoms with van der Waals surface area (Å²) in [5.41, 5.74) is 6.57. The van der Waals surface area contributed by atoms with Crippen molar-refractivity contribution in [3.8, 4) is 11.5 Å². The molecule has 2 unspecified atom stereocenters. The van der Waals surface area contributed by atoms with Crippen LogP contribution in [0.2, 0.25) is 0 Å². The number of sulfone groups is 1. The van der Waals surface area contributed by atoms with E-state index in [1.807, 2.05) is 39.0 Å². The SMILES string of the molecule is CC(=O)Oc1c(C(C)(C)C)cc2c(c1C(C)(C)C)CC(C)(CC/C=C(\C)CC(/C=C(\C)CCC=C(C)C)S(=O)(=O)c1ccc(C)cc1)O2. The second kappa shape index (κ2) is 15.2. The van der Waals surface area contributed by atoms with Gasteiger partial charge in [-0.15, -0.1) is 0 Å². The lowest BCUT2D eigenvalue weighted by Gasteiger charge is -2.30. The van der Waals surface area contributed by atoms with Crippen LogP contribution in [0.25, 0.3) is 0 Å². The molecular weight excluding hydrogens is 617 g/mol. The molecule has 0 saturated heterocycles. The van der Waals surface area contributed by atoms with E-state index in [0.717, 1.165) is 64.8 Å². The van der Waals surface area contributed by atoms with Crippen LogP contribution in [0.15, 0.2) is 70.2 Å². The Morgan fingerprint density at radius 2 is 1.56 bits per heavy atom. The smallest absolute Gasteiger partial charge is 0.308 e. The van der Waals surface area contributed by atoms with Gasteiger partial charge in [0.1, 0.15) is 17.1 Å². The molecule has 0 aliphatic carbocycles. The molecular formula is C42H60O5S. The molecule has 2 atom stereocenters. The number of hydrogen-bond acceptors (Lipinski definition) is 5. The van der Waals surface area contributed by atoms with Gasteiger partial charge in [0.05, 0.1) is 10.1 Å². The Morgan fingerprint density at radius 1 is 0.938 bits per heavy atom. The molecule has 2 aromatic carbocycles. The number of carbonyl (C=O) groups excluding carboxylic acids is 1. The molecule has 0 bridgehead atoms. The number of ether oxygens (including phenoxy) is 2. The molecule has 2 aromatic rings. The summed E-state index contributed by atoms with van der Waals surface area (Å²) in [7, 11) is -3.58. The fourth-order valence-electron chi connectivity index (χ4n) is 6.53. The van der Waals surface area contributed by atoms with Gasteiger partial charge in [0, 0.05) is 30.0 Å². The zero-order valence-corrected chi connectivity index (χ0v) is 32.7. The molecule has 5 nitrogen and oxygen atoms in total. The zero-order chi connectivity index (χ0) is 36.2. The topological polar surface area (TPSA) is 69.7 Å². The summed E-state index contributed by atoms with van der Waals surface area (Å²) in [6.07, 6.45) is 10.7. The molecule has 6 heteroatoms. The van der Waals surface area contributed by atoms with E-state index in [-0.39, 0.29) is 16.8 Å². The molecule has 0 aromatic heterocycles. The van der Waals surface area contributed by atoms with Crippen LogP contribution in [0.3, 0.4) is 0 Å². The van der Waals surface area contributed by atoms with Gasteiger partial charge in [0.15, 0.2) is 9.84 Å². The highest BCUT2D eigenvalue weighted by molar-refractivity contribution is 7.92. The number of fused-ring (bicyclic) bond motifs is 1. The van der Waals surface area contributed by atoms with E-state index >= 15 is 0 Å². The summed E-state index contributed by atoms with van der Waals surface area (Å²) in [5.74, 6) is 1.20.